The number of thiol groups is 1. The Labute approximate surface area is 70.6 Å². The second kappa shape index (κ2) is 2.97. The summed E-state index contributed by atoms with van der Waals surface area (Å²) in [4.78, 5) is 20.7. The highest BCUT2D eigenvalue weighted by molar-refractivity contribution is 7.97. The van der Waals surface area contributed by atoms with E-state index < -0.39 is 11.1 Å². The Bertz CT molecular complexity index is 280. The van der Waals surface area contributed by atoms with Crippen molar-refractivity contribution in [2.45, 2.75) is 0 Å². The van der Waals surface area contributed by atoms with Gasteiger partial charge in [0.25, 0.3) is 0 Å². The van der Waals surface area contributed by atoms with Crippen LogP contribution in [0.15, 0.2) is 0 Å². The maximum atomic E-state index is 10.5. The van der Waals surface area contributed by atoms with Gasteiger partial charge in [-0.25, -0.2) is 4.79 Å². The van der Waals surface area contributed by atoms with Crippen LogP contribution in [0, 0.1) is 0 Å². The normalized spacial score (nSPS) is 9.55. The van der Waals surface area contributed by atoms with E-state index in [-0.39, 0.29) is 10.6 Å². The van der Waals surface area contributed by atoms with Crippen LogP contribution in [0.5, 0.6) is 0 Å². The second-order valence-corrected chi connectivity index (χ2v) is 2.72. The largest absolute Gasteiger partial charge is 0.477 e. The number of aromatic carboxylic acids is 1. The molecule has 58 valence electrons. The molecule has 1 heterocycles. The fraction of sp³-hybridized carbons (Fsp3) is 0. The Morgan fingerprint density at radius 3 is 2.55 bits per heavy atom. The van der Waals surface area contributed by atoms with Crippen molar-refractivity contribution in [3.05, 3.63) is 10.6 Å². The summed E-state index contributed by atoms with van der Waals surface area (Å²) in [5.41, 5.74) is -0.203. The molecule has 0 fully saturated rings. The summed E-state index contributed by atoms with van der Waals surface area (Å²) in [6, 6.07) is 0. The zero-order chi connectivity index (χ0) is 8.43. The van der Waals surface area contributed by atoms with Gasteiger partial charge in [0.2, 0.25) is 5.12 Å². The van der Waals surface area contributed by atoms with E-state index in [1.807, 2.05) is 0 Å². The van der Waals surface area contributed by atoms with Crippen LogP contribution in [-0.2, 0) is 0 Å². The van der Waals surface area contributed by atoms with Crippen LogP contribution >= 0.6 is 24.2 Å². The quantitative estimate of drug-likeness (QED) is 0.656. The van der Waals surface area contributed by atoms with Gasteiger partial charge in [0, 0.05) is 0 Å². The van der Waals surface area contributed by atoms with Crippen LogP contribution in [0.25, 0.3) is 0 Å². The Hall–Kier alpha value is -0.950. The molecule has 0 radical (unpaired) electrons. The smallest absolute Gasteiger partial charge is 0.350 e. The van der Waals surface area contributed by atoms with Gasteiger partial charge in [0.05, 0.1) is 0 Å². The molecule has 1 aromatic rings. The first kappa shape index (κ1) is 8.15. The van der Waals surface area contributed by atoms with Gasteiger partial charge >= 0.3 is 5.97 Å². The van der Waals surface area contributed by atoms with Crippen molar-refractivity contribution >= 4 is 35.2 Å². The molecule has 0 bridgehead atoms. The van der Waals surface area contributed by atoms with E-state index in [1.54, 1.807) is 0 Å². The van der Waals surface area contributed by atoms with Crippen LogP contribution in [0.1, 0.15) is 20.2 Å². The van der Waals surface area contributed by atoms with Crippen molar-refractivity contribution in [3.63, 3.8) is 0 Å². The number of hydrogen-bond donors (Lipinski definition) is 2. The minimum atomic E-state index is -1.21. The monoisotopic (exact) mass is 190 g/mol. The van der Waals surface area contributed by atoms with Gasteiger partial charge in [-0.15, -0.1) is 5.10 Å². The van der Waals surface area contributed by atoms with Crippen molar-refractivity contribution < 1.29 is 14.7 Å². The number of aromatic nitrogens is 2. The molecule has 0 saturated heterocycles. The number of rotatable bonds is 2. The fourth-order valence-electron chi connectivity index (χ4n) is 0.471. The minimum absolute atomic E-state index is 0.176. The molecular weight excluding hydrogens is 188 g/mol. The zero-order valence-corrected chi connectivity index (χ0v) is 6.72. The summed E-state index contributed by atoms with van der Waals surface area (Å²) in [6.07, 6.45) is 0. The number of carboxylic acid groups (broad SMARTS) is 1. The summed E-state index contributed by atoms with van der Waals surface area (Å²) in [5, 5.41) is 11.1. The van der Waals surface area contributed by atoms with Gasteiger partial charge in [-0.05, 0) is 11.5 Å². The lowest BCUT2D eigenvalue weighted by molar-refractivity contribution is 0.0698. The Kier molecular flexibility index (Phi) is 2.20. The zero-order valence-electron chi connectivity index (χ0n) is 5.01. The van der Waals surface area contributed by atoms with Crippen LogP contribution in [0.4, 0.5) is 0 Å². The first-order valence-corrected chi connectivity index (χ1v) is 3.64. The molecule has 0 amide bonds. The lowest BCUT2D eigenvalue weighted by atomic mass is 10.4. The third kappa shape index (κ3) is 1.55. The standard InChI is InChI=1S/C4H2N2O3S2/c7-3(8)2-1(4(9)10)5-6-11-2/h(H,7,8)(H,9,10). The van der Waals surface area contributed by atoms with Gasteiger partial charge in [-0.1, -0.05) is 17.1 Å². The summed E-state index contributed by atoms with van der Waals surface area (Å²) < 4.78 is 3.31. The molecule has 1 rings (SSSR count). The summed E-state index contributed by atoms with van der Waals surface area (Å²) >= 11 is 4.08. The molecule has 0 aliphatic heterocycles. The third-order valence-corrected chi connectivity index (χ3v) is 1.81. The highest BCUT2D eigenvalue weighted by Gasteiger charge is 2.18. The third-order valence-electron chi connectivity index (χ3n) is 0.885. The average Bonchev–Trinajstić information content (AvgIpc) is 2.32. The van der Waals surface area contributed by atoms with Crippen molar-refractivity contribution in [2.75, 3.05) is 0 Å². The topological polar surface area (TPSA) is 80.2 Å². The number of nitrogens with zero attached hydrogens (tertiary/aromatic N) is 2. The SMILES string of the molecule is O=C(S)c1nnsc1C(=O)O. The molecule has 0 aromatic carbocycles. The molecule has 0 spiro atoms. The van der Waals surface area contributed by atoms with Crippen molar-refractivity contribution in [1.29, 1.82) is 0 Å². The highest BCUT2D eigenvalue weighted by Crippen LogP contribution is 2.11. The lowest BCUT2D eigenvalue weighted by Crippen LogP contribution is -2.01. The van der Waals surface area contributed by atoms with Crippen LogP contribution in [0.3, 0.4) is 0 Å². The van der Waals surface area contributed by atoms with E-state index in [0.29, 0.717) is 11.5 Å². The minimum Gasteiger partial charge on any atom is -0.477 e. The molecular formula is C4H2N2O3S2. The van der Waals surface area contributed by atoms with E-state index in [4.69, 9.17) is 5.11 Å². The van der Waals surface area contributed by atoms with E-state index in [2.05, 4.69) is 22.2 Å². The molecule has 0 aliphatic rings. The van der Waals surface area contributed by atoms with Gasteiger partial charge in [0.1, 0.15) is 0 Å². The van der Waals surface area contributed by atoms with Gasteiger partial charge in [-0.2, -0.15) is 0 Å². The molecule has 11 heavy (non-hydrogen) atoms. The Morgan fingerprint density at radius 1 is 1.55 bits per heavy atom. The molecule has 0 aliphatic carbocycles. The highest BCUT2D eigenvalue weighted by atomic mass is 32.1. The van der Waals surface area contributed by atoms with Crippen molar-refractivity contribution in [3.8, 4) is 0 Å². The molecule has 5 nitrogen and oxygen atoms in total. The average molecular weight is 190 g/mol. The number of carbonyl (C=O) groups is 2. The molecule has 0 atom stereocenters. The maximum Gasteiger partial charge on any atom is 0.350 e. The molecule has 0 saturated carbocycles. The van der Waals surface area contributed by atoms with Crippen LogP contribution in [0.2, 0.25) is 0 Å². The molecule has 1 N–H and O–H groups in total. The summed E-state index contributed by atoms with van der Waals surface area (Å²) in [7, 11) is 0. The van der Waals surface area contributed by atoms with Gasteiger partial charge < -0.3 is 5.11 Å². The van der Waals surface area contributed by atoms with E-state index in [1.165, 1.54) is 0 Å². The predicted molar refractivity (Wildman–Crippen MR) is 40.2 cm³/mol. The summed E-state index contributed by atoms with van der Waals surface area (Å²) in [6.45, 7) is 0. The first-order chi connectivity index (χ1) is 5.13. The van der Waals surface area contributed by atoms with Crippen molar-refractivity contribution in [2.24, 2.45) is 0 Å². The van der Waals surface area contributed by atoms with E-state index in [9.17, 15) is 9.59 Å². The Morgan fingerprint density at radius 2 is 2.18 bits per heavy atom. The second-order valence-electron chi connectivity index (χ2n) is 1.56. The van der Waals surface area contributed by atoms with Crippen molar-refractivity contribution in [1.82, 2.24) is 9.59 Å². The lowest BCUT2D eigenvalue weighted by Gasteiger charge is -1.86. The molecule has 1 aromatic heterocycles. The first-order valence-electron chi connectivity index (χ1n) is 2.42. The number of carboxylic acids is 1. The van der Waals surface area contributed by atoms with Crippen LogP contribution in [-0.4, -0.2) is 25.8 Å². The maximum absolute atomic E-state index is 10.5. The molecule has 7 heteroatoms. The number of carbonyl (C=O) groups excluding carboxylic acids is 1. The molecule has 0 unspecified atom stereocenters. The van der Waals surface area contributed by atoms with Crippen LogP contribution < -0.4 is 0 Å². The fourth-order valence-corrected chi connectivity index (χ4v) is 1.21. The van der Waals surface area contributed by atoms with E-state index >= 15 is 0 Å². The Balaban J connectivity index is 3.16. The van der Waals surface area contributed by atoms with Gasteiger partial charge in [-0.3, -0.25) is 4.79 Å². The number of hydrogen-bond acceptors (Lipinski definition) is 5. The predicted octanol–water partition coefficient (Wildman–Crippen LogP) is 0.306. The van der Waals surface area contributed by atoms with E-state index in [0.717, 1.165) is 0 Å². The summed E-state index contributed by atoms with van der Waals surface area (Å²) in [5.74, 6) is -1.21. The van der Waals surface area contributed by atoms with Gasteiger partial charge in [0.15, 0.2) is 10.6 Å².